The molecule has 0 aromatic carbocycles. The summed E-state index contributed by atoms with van der Waals surface area (Å²) < 4.78 is 0.791. The van der Waals surface area contributed by atoms with E-state index in [1.807, 2.05) is 26.2 Å². The van der Waals surface area contributed by atoms with Gasteiger partial charge in [-0.3, -0.25) is 11.3 Å². The molecule has 15 heavy (non-hydrogen) atoms. The predicted octanol–water partition coefficient (Wildman–Crippen LogP) is 2.25. The Bertz CT molecular complexity index is 322. The maximum Gasteiger partial charge on any atom is 0.0931 e. The van der Waals surface area contributed by atoms with E-state index >= 15 is 0 Å². The summed E-state index contributed by atoms with van der Waals surface area (Å²) in [5, 5.41) is 0. The van der Waals surface area contributed by atoms with E-state index < -0.39 is 0 Å². The Morgan fingerprint density at radius 2 is 2.07 bits per heavy atom. The number of rotatable bonds is 4. The Morgan fingerprint density at radius 1 is 1.47 bits per heavy atom. The summed E-state index contributed by atoms with van der Waals surface area (Å²) in [6.07, 6.45) is 0. The second kappa shape index (κ2) is 4.80. The van der Waals surface area contributed by atoms with Crippen molar-refractivity contribution in [1.29, 1.82) is 0 Å². The van der Waals surface area contributed by atoms with Gasteiger partial charge in [0.25, 0.3) is 0 Å². The molecule has 1 rings (SSSR count). The summed E-state index contributed by atoms with van der Waals surface area (Å²) in [5.41, 5.74) is 2.80. The summed E-state index contributed by atoms with van der Waals surface area (Å²) in [7, 11) is 4.08. The summed E-state index contributed by atoms with van der Waals surface area (Å²) >= 11 is 7.49. The number of hydrogen-bond acceptors (Lipinski definition) is 4. The molecule has 0 saturated heterocycles. The quantitative estimate of drug-likeness (QED) is 0.634. The number of nitrogens with zero attached hydrogens (tertiary/aromatic N) is 1. The summed E-state index contributed by atoms with van der Waals surface area (Å²) in [4.78, 5) is 3.30. The van der Waals surface area contributed by atoms with Crippen molar-refractivity contribution >= 4 is 22.9 Å². The topological polar surface area (TPSA) is 41.3 Å². The lowest BCUT2D eigenvalue weighted by Crippen LogP contribution is -2.50. The molecule has 1 aromatic heterocycles. The van der Waals surface area contributed by atoms with Crippen molar-refractivity contribution in [3.05, 3.63) is 21.3 Å². The van der Waals surface area contributed by atoms with E-state index in [-0.39, 0.29) is 11.6 Å². The number of likely N-dealkylation sites (N-methyl/N-ethyl adjacent to an activating group) is 1. The highest BCUT2D eigenvalue weighted by molar-refractivity contribution is 7.16. The fourth-order valence-electron chi connectivity index (χ4n) is 1.38. The van der Waals surface area contributed by atoms with E-state index in [0.717, 1.165) is 9.21 Å². The normalized spacial score (nSPS) is 14.6. The molecule has 3 nitrogen and oxygen atoms in total. The Hall–Kier alpha value is -0.130. The van der Waals surface area contributed by atoms with Gasteiger partial charge in [0.1, 0.15) is 0 Å². The standard InChI is InChI=1S/C10H18ClN3S/c1-10(2,14(3)4)9(13-12)7-5-6-8(11)15-7/h5-6,9,13H,12H2,1-4H3. The van der Waals surface area contributed by atoms with Crippen molar-refractivity contribution in [3.63, 3.8) is 0 Å². The molecule has 0 spiro atoms. The molecule has 86 valence electrons. The predicted molar refractivity (Wildman–Crippen MR) is 67.2 cm³/mol. The van der Waals surface area contributed by atoms with Gasteiger partial charge >= 0.3 is 0 Å². The zero-order valence-corrected chi connectivity index (χ0v) is 11.1. The van der Waals surface area contributed by atoms with Gasteiger partial charge in [-0.2, -0.15) is 0 Å². The van der Waals surface area contributed by atoms with Crippen LogP contribution in [0.3, 0.4) is 0 Å². The van der Waals surface area contributed by atoms with Crippen LogP contribution < -0.4 is 11.3 Å². The smallest absolute Gasteiger partial charge is 0.0931 e. The minimum Gasteiger partial charge on any atom is -0.302 e. The van der Waals surface area contributed by atoms with Gasteiger partial charge in [-0.25, -0.2) is 0 Å². The van der Waals surface area contributed by atoms with E-state index in [1.54, 1.807) is 11.3 Å². The second-order valence-corrected chi connectivity index (χ2v) is 6.04. The van der Waals surface area contributed by atoms with Gasteiger partial charge in [-0.15, -0.1) is 11.3 Å². The molecule has 0 amide bonds. The highest BCUT2D eigenvalue weighted by Crippen LogP contribution is 2.34. The number of hydrazine groups is 1. The molecule has 0 aliphatic rings. The third-order valence-electron chi connectivity index (χ3n) is 2.90. The maximum atomic E-state index is 5.93. The molecule has 1 atom stereocenters. The third-order valence-corrected chi connectivity index (χ3v) is 4.20. The van der Waals surface area contributed by atoms with Crippen LogP contribution in [-0.2, 0) is 0 Å². The molecule has 5 heteroatoms. The fourth-order valence-corrected chi connectivity index (χ4v) is 2.68. The Kier molecular flexibility index (Phi) is 4.14. The Morgan fingerprint density at radius 3 is 2.40 bits per heavy atom. The first kappa shape index (κ1) is 12.9. The van der Waals surface area contributed by atoms with Gasteiger partial charge in [0, 0.05) is 10.4 Å². The minimum atomic E-state index is -0.0665. The lowest BCUT2D eigenvalue weighted by molar-refractivity contribution is 0.140. The Balaban J connectivity index is 2.98. The average Bonchev–Trinajstić information content (AvgIpc) is 2.52. The van der Waals surface area contributed by atoms with Gasteiger partial charge in [-0.05, 0) is 40.1 Å². The van der Waals surface area contributed by atoms with Crippen LogP contribution in [0.4, 0.5) is 0 Å². The Labute approximate surface area is 100 Å². The van der Waals surface area contributed by atoms with Crippen molar-refractivity contribution < 1.29 is 0 Å². The van der Waals surface area contributed by atoms with Crippen molar-refractivity contribution in [3.8, 4) is 0 Å². The highest BCUT2D eigenvalue weighted by Gasteiger charge is 2.32. The summed E-state index contributed by atoms with van der Waals surface area (Å²) in [5.74, 6) is 5.62. The molecule has 1 heterocycles. The number of nitrogens with one attached hydrogen (secondary N) is 1. The van der Waals surface area contributed by atoms with Crippen molar-refractivity contribution in [2.75, 3.05) is 14.1 Å². The van der Waals surface area contributed by atoms with Crippen LogP contribution in [-0.4, -0.2) is 24.5 Å². The first-order valence-electron chi connectivity index (χ1n) is 4.78. The number of thiophene rings is 1. The zero-order chi connectivity index (χ0) is 11.6. The minimum absolute atomic E-state index is 0.0665. The summed E-state index contributed by atoms with van der Waals surface area (Å²) in [6.45, 7) is 4.29. The van der Waals surface area contributed by atoms with Crippen LogP contribution in [0.15, 0.2) is 12.1 Å². The van der Waals surface area contributed by atoms with Crippen LogP contribution in [0.2, 0.25) is 4.34 Å². The van der Waals surface area contributed by atoms with Gasteiger partial charge in [0.2, 0.25) is 0 Å². The molecule has 3 N–H and O–H groups in total. The lowest BCUT2D eigenvalue weighted by Gasteiger charge is -2.39. The van der Waals surface area contributed by atoms with E-state index in [9.17, 15) is 0 Å². The van der Waals surface area contributed by atoms with Crippen LogP contribution in [0.25, 0.3) is 0 Å². The second-order valence-electron chi connectivity index (χ2n) is 4.29. The van der Waals surface area contributed by atoms with Crippen LogP contribution >= 0.6 is 22.9 Å². The molecule has 0 aliphatic heterocycles. The maximum absolute atomic E-state index is 5.93. The molecule has 0 aliphatic carbocycles. The highest BCUT2D eigenvalue weighted by atomic mass is 35.5. The molecular weight excluding hydrogens is 230 g/mol. The van der Waals surface area contributed by atoms with E-state index in [2.05, 4.69) is 24.2 Å². The molecule has 0 saturated carbocycles. The first-order chi connectivity index (χ1) is 6.89. The third kappa shape index (κ3) is 2.71. The SMILES string of the molecule is CN(C)C(C)(C)C(NN)c1ccc(Cl)s1. The number of halogens is 1. The van der Waals surface area contributed by atoms with Crippen molar-refractivity contribution in [2.24, 2.45) is 5.84 Å². The van der Waals surface area contributed by atoms with Crippen molar-refractivity contribution in [1.82, 2.24) is 10.3 Å². The summed E-state index contributed by atoms with van der Waals surface area (Å²) in [6, 6.07) is 3.99. The van der Waals surface area contributed by atoms with E-state index in [1.165, 1.54) is 0 Å². The number of nitrogens with two attached hydrogens (primary N) is 1. The lowest BCUT2D eigenvalue weighted by atomic mass is 9.92. The monoisotopic (exact) mass is 247 g/mol. The van der Waals surface area contributed by atoms with Crippen LogP contribution in [0, 0.1) is 0 Å². The van der Waals surface area contributed by atoms with Gasteiger partial charge < -0.3 is 4.90 Å². The molecule has 0 radical (unpaired) electrons. The first-order valence-corrected chi connectivity index (χ1v) is 5.98. The molecule has 0 bridgehead atoms. The van der Waals surface area contributed by atoms with E-state index in [4.69, 9.17) is 17.4 Å². The largest absolute Gasteiger partial charge is 0.302 e. The van der Waals surface area contributed by atoms with Crippen molar-refractivity contribution in [2.45, 2.75) is 25.4 Å². The average molecular weight is 248 g/mol. The van der Waals surface area contributed by atoms with Gasteiger partial charge in [0.15, 0.2) is 0 Å². The van der Waals surface area contributed by atoms with Gasteiger partial charge in [-0.1, -0.05) is 11.6 Å². The van der Waals surface area contributed by atoms with Crippen LogP contribution in [0.5, 0.6) is 0 Å². The van der Waals surface area contributed by atoms with E-state index in [0.29, 0.717) is 0 Å². The molecule has 0 fully saturated rings. The zero-order valence-electron chi connectivity index (χ0n) is 9.54. The fraction of sp³-hybridized carbons (Fsp3) is 0.600. The molecule has 1 aromatic rings. The van der Waals surface area contributed by atoms with Crippen LogP contribution in [0.1, 0.15) is 24.8 Å². The number of hydrogen-bond donors (Lipinski definition) is 2. The molecular formula is C10H18ClN3S. The van der Waals surface area contributed by atoms with Gasteiger partial charge in [0.05, 0.1) is 10.4 Å². The molecule has 1 unspecified atom stereocenters.